The van der Waals surface area contributed by atoms with E-state index in [1.165, 1.54) is 12.1 Å². The lowest BCUT2D eigenvalue weighted by atomic mass is 10.2. The molecule has 0 radical (unpaired) electrons. The van der Waals surface area contributed by atoms with Gasteiger partial charge in [-0.3, -0.25) is 4.79 Å². The molecule has 0 aliphatic rings. The summed E-state index contributed by atoms with van der Waals surface area (Å²) < 4.78 is 78.7. The van der Waals surface area contributed by atoms with Crippen LogP contribution in [-0.4, -0.2) is 55.2 Å². The van der Waals surface area contributed by atoms with Gasteiger partial charge in [0.25, 0.3) is 5.91 Å². The van der Waals surface area contributed by atoms with Gasteiger partial charge in [0, 0.05) is 12.7 Å². The van der Waals surface area contributed by atoms with E-state index in [2.05, 4.69) is 4.98 Å². The predicted octanol–water partition coefficient (Wildman–Crippen LogP) is 1.69. The van der Waals surface area contributed by atoms with E-state index in [1.54, 1.807) is 18.2 Å². The molecule has 1 amide bonds. The summed E-state index contributed by atoms with van der Waals surface area (Å²) >= 11 is 0. The largest absolute Gasteiger partial charge is 0.416 e. The molecule has 0 bridgehead atoms. The molecule has 1 aromatic heterocycles. The number of aliphatic hydroxyl groups is 1. The first-order valence-corrected chi connectivity index (χ1v) is 9.61. The van der Waals surface area contributed by atoms with Crippen LogP contribution < -0.4 is 4.72 Å². The third-order valence-electron chi connectivity index (χ3n) is 3.87. The first-order chi connectivity index (χ1) is 13.5. The highest BCUT2D eigenvalue weighted by Gasteiger charge is 2.41. The van der Waals surface area contributed by atoms with Gasteiger partial charge in [-0.1, -0.05) is 30.3 Å². The molecular formula is C17H17F4N3O4S. The molecular weight excluding hydrogens is 418 g/mol. The SMILES string of the molecule is CNS(=O)(=O)c1c(F)ccnc1C(=O)N(Cc1ccccc1)CC(O)C(F)(F)F. The average Bonchev–Trinajstić information content (AvgIpc) is 2.66. The van der Waals surface area contributed by atoms with Crippen molar-refractivity contribution in [3.8, 4) is 0 Å². The number of pyridine rings is 1. The molecule has 29 heavy (non-hydrogen) atoms. The summed E-state index contributed by atoms with van der Waals surface area (Å²) in [4.78, 5) is 15.9. The lowest BCUT2D eigenvalue weighted by molar-refractivity contribution is -0.206. The maximum absolute atomic E-state index is 14.2. The zero-order valence-electron chi connectivity index (χ0n) is 15.0. The molecule has 0 saturated heterocycles. The topological polar surface area (TPSA) is 99.6 Å². The van der Waals surface area contributed by atoms with E-state index in [-0.39, 0.29) is 0 Å². The summed E-state index contributed by atoms with van der Waals surface area (Å²) in [6, 6.07) is 8.54. The number of carbonyl (C=O) groups is 1. The van der Waals surface area contributed by atoms with Crippen LogP contribution >= 0.6 is 0 Å². The van der Waals surface area contributed by atoms with Crippen molar-refractivity contribution in [3.05, 3.63) is 59.7 Å². The van der Waals surface area contributed by atoms with Crippen LogP contribution in [0.1, 0.15) is 16.1 Å². The van der Waals surface area contributed by atoms with Crippen molar-refractivity contribution < 1.29 is 35.9 Å². The van der Waals surface area contributed by atoms with Crippen LogP contribution in [0.2, 0.25) is 0 Å². The maximum Gasteiger partial charge on any atom is 0.416 e. The standard InChI is InChI=1S/C17H17F4N3O4S/c1-22-29(27,28)15-12(18)7-8-23-14(15)16(26)24(10-13(25)17(19,20)21)9-11-5-3-2-4-6-11/h2-8,13,22,25H,9-10H2,1H3. The average molecular weight is 435 g/mol. The number of nitrogens with zero attached hydrogens (tertiary/aromatic N) is 2. The molecule has 1 unspecified atom stereocenters. The van der Waals surface area contributed by atoms with Crippen molar-refractivity contribution in [3.63, 3.8) is 0 Å². The zero-order valence-corrected chi connectivity index (χ0v) is 15.8. The van der Waals surface area contributed by atoms with Crippen molar-refractivity contribution in [1.29, 1.82) is 0 Å². The van der Waals surface area contributed by atoms with Gasteiger partial charge in [0.15, 0.2) is 11.8 Å². The second-order valence-corrected chi connectivity index (χ2v) is 7.73. The molecule has 0 saturated carbocycles. The minimum atomic E-state index is -5.02. The quantitative estimate of drug-likeness (QED) is 0.645. The molecule has 1 aromatic carbocycles. The molecule has 12 heteroatoms. The number of benzene rings is 1. The summed E-state index contributed by atoms with van der Waals surface area (Å²) in [6.45, 7) is -1.60. The van der Waals surface area contributed by atoms with Crippen molar-refractivity contribution in [2.45, 2.75) is 23.7 Å². The second kappa shape index (κ2) is 8.84. The zero-order chi connectivity index (χ0) is 21.8. The molecule has 0 aliphatic heterocycles. The predicted molar refractivity (Wildman–Crippen MR) is 93.7 cm³/mol. The molecule has 1 atom stereocenters. The fourth-order valence-corrected chi connectivity index (χ4v) is 3.34. The Bertz CT molecular complexity index is 968. The highest BCUT2D eigenvalue weighted by Crippen LogP contribution is 2.24. The Hall–Kier alpha value is -2.57. The summed E-state index contributed by atoms with van der Waals surface area (Å²) in [5.41, 5.74) is -0.491. The lowest BCUT2D eigenvalue weighted by Gasteiger charge is -2.27. The molecule has 2 rings (SSSR count). The second-order valence-electron chi connectivity index (χ2n) is 5.91. The van der Waals surface area contributed by atoms with Crippen LogP contribution in [0.3, 0.4) is 0 Å². The molecule has 158 valence electrons. The van der Waals surface area contributed by atoms with Crippen molar-refractivity contribution in [1.82, 2.24) is 14.6 Å². The monoisotopic (exact) mass is 435 g/mol. The van der Waals surface area contributed by atoms with Crippen LogP contribution in [0.5, 0.6) is 0 Å². The smallest absolute Gasteiger partial charge is 0.382 e. The fraction of sp³-hybridized carbons (Fsp3) is 0.294. The van der Waals surface area contributed by atoms with E-state index < -0.39 is 57.7 Å². The minimum absolute atomic E-state index is 0.399. The van der Waals surface area contributed by atoms with Gasteiger partial charge in [0.2, 0.25) is 10.0 Å². The molecule has 0 fully saturated rings. The van der Waals surface area contributed by atoms with E-state index in [4.69, 9.17) is 0 Å². The highest BCUT2D eigenvalue weighted by molar-refractivity contribution is 7.89. The molecule has 0 aliphatic carbocycles. The van der Waals surface area contributed by atoms with Crippen LogP contribution in [-0.2, 0) is 16.6 Å². The fourth-order valence-electron chi connectivity index (χ4n) is 2.42. The Morgan fingerprint density at radius 1 is 1.24 bits per heavy atom. The van der Waals surface area contributed by atoms with Gasteiger partial charge in [-0.25, -0.2) is 22.5 Å². The first kappa shape index (κ1) is 22.7. The van der Waals surface area contributed by atoms with Gasteiger partial charge in [-0.15, -0.1) is 0 Å². The summed E-state index contributed by atoms with van der Waals surface area (Å²) in [5, 5.41) is 9.42. The van der Waals surface area contributed by atoms with Crippen molar-refractivity contribution in [2.24, 2.45) is 0 Å². The van der Waals surface area contributed by atoms with Gasteiger partial charge in [-0.05, 0) is 18.7 Å². The van der Waals surface area contributed by atoms with Crippen molar-refractivity contribution in [2.75, 3.05) is 13.6 Å². The number of aliphatic hydroxyl groups excluding tert-OH is 1. The third kappa shape index (κ3) is 5.49. The number of amides is 1. The van der Waals surface area contributed by atoms with Crippen LogP contribution in [0.4, 0.5) is 17.6 Å². The van der Waals surface area contributed by atoms with E-state index in [1.807, 2.05) is 4.72 Å². The molecule has 1 heterocycles. The van der Waals surface area contributed by atoms with E-state index in [9.17, 15) is 35.9 Å². The van der Waals surface area contributed by atoms with Crippen molar-refractivity contribution >= 4 is 15.9 Å². The lowest BCUT2D eigenvalue weighted by Crippen LogP contribution is -2.44. The molecule has 0 spiro atoms. The molecule has 2 N–H and O–H groups in total. The first-order valence-electron chi connectivity index (χ1n) is 8.13. The van der Waals surface area contributed by atoms with Gasteiger partial charge >= 0.3 is 6.18 Å². The number of sulfonamides is 1. The van der Waals surface area contributed by atoms with Gasteiger partial charge in [-0.2, -0.15) is 13.2 Å². The van der Waals surface area contributed by atoms with Gasteiger partial charge < -0.3 is 10.0 Å². The summed E-state index contributed by atoms with van der Waals surface area (Å²) in [5.74, 6) is -2.58. The Kier molecular flexibility index (Phi) is 6.93. The summed E-state index contributed by atoms with van der Waals surface area (Å²) in [7, 11) is -3.51. The number of aromatic nitrogens is 1. The van der Waals surface area contributed by atoms with Crippen LogP contribution in [0.25, 0.3) is 0 Å². The number of nitrogens with one attached hydrogen (secondary N) is 1. The van der Waals surface area contributed by atoms with Gasteiger partial charge in [0.05, 0.1) is 6.54 Å². The number of rotatable bonds is 7. The third-order valence-corrected chi connectivity index (χ3v) is 5.33. The Morgan fingerprint density at radius 3 is 2.41 bits per heavy atom. The van der Waals surface area contributed by atoms with Crippen LogP contribution in [0.15, 0.2) is 47.5 Å². The van der Waals surface area contributed by atoms with Gasteiger partial charge in [0.1, 0.15) is 10.7 Å². The molecule has 2 aromatic rings. The molecule has 7 nitrogen and oxygen atoms in total. The van der Waals surface area contributed by atoms with E-state index >= 15 is 0 Å². The van der Waals surface area contributed by atoms with Crippen LogP contribution in [0, 0.1) is 5.82 Å². The number of halogens is 4. The summed E-state index contributed by atoms with van der Waals surface area (Å²) in [6.07, 6.45) is -7.10. The number of carbonyl (C=O) groups excluding carboxylic acids is 1. The highest BCUT2D eigenvalue weighted by atomic mass is 32.2. The van der Waals surface area contributed by atoms with E-state index in [0.29, 0.717) is 16.5 Å². The minimum Gasteiger partial charge on any atom is -0.382 e. The number of hydrogen-bond donors (Lipinski definition) is 2. The Morgan fingerprint density at radius 2 is 1.86 bits per heavy atom. The van der Waals surface area contributed by atoms with E-state index in [0.717, 1.165) is 13.2 Å². The number of alkyl halides is 3. The normalized spacial score (nSPS) is 13.2. The number of hydrogen-bond acceptors (Lipinski definition) is 5. The maximum atomic E-state index is 14.2. The Labute approximate surface area is 164 Å². The Balaban J connectivity index is 2.51.